The van der Waals surface area contributed by atoms with Crippen molar-refractivity contribution in [3.8, 4) is 22.9 Å². The predicted octanol–water partition coefficient (Wildman–Crippen LogP) is 4.23. The molecule has 1 aromatic carbocycles. The molecule has 0 radical (unpaired) electrons. The van der Waals surface area contributed by atoms with Gasteiger partial charge >= 0.3 is 18.3 Å². The molecule has 3 aromatic heterocycles. The van der Waals surface area contributed by atoms with Crippen molar-refractivity contribution in [1.82, 2.24) is 29.9 Å². The van der Waals surface area contributed by atoms with E-state index in [1.807, 2.05) is 39.0 Å². The van der Waals surface area contributed by atoms with E-state index in [4.69, 9.17) is 13.6 Å². The van der Waals surface area contributed by atoms with E-state index < -0.39 is 23.7 Å². The molecule has 0 fully saturated rings. The molecule has 4 aromatic rings. The molecule has 0 atom stereocenters. The van der Waals surface area contributed by atoms with E-state index in [-0.39, 0.29) is 24.4 Å². The number of amides is 1. The van der Waals surface area contributed by atoms with Crippen molar-refractivity contribution in [1.29, 1.82) is 0 Å². The molecule has 0 bridgehead atoms. The first-order valence-electron chi connectivity index (χ1n) is 11.8. The normalized spacial score (nSPS) is 13.6. The summed E-state index contributed by atoms with van der Waals surface area (Å²) < 4.78 is 42.3. The minimum Gasteiger partial charge on any atom is -0.444 e. The van der Waals surface area contributed by atoms with Crippen molar-refractivity contribution in [2.75, 3.05) is 6.54 Å². The molecule has 38 heavy (non-hydrogen) atoms. The third-order valence-corrected chi connectivity index (χ3v) is 5.73. The second-order valence-electron chi connectivity index (χ2n) is 9.75. The summed E-state index contributed by atoms with van der Waals surface area (Å²) in [6.45, 7) is 6.41. The number of rotatable bonds is 5. The van der Waals surface area contributed by atoms with Crippen LogP contribution >= 0.6 is 0 Å². The van der Waals surface area contributed by atoms with Crippen LogP contribution in [0.15, 0.2) is 50.2 Å². The van der Waals surface area contributed by atoms with Crippen LogP contribution in [0, 0.1) is 0 Å². The predicted molar refractivity (Wildman–Crippen MR) is 128 cm³/mol. The van der Waals surface area contributed by atoms with Crippen LogP contribution in [0.3, 0.4) is 0 Å². The smallest absolute Gasteiger partial charge is 0.437 e. The van der Waals surface area contributed by atoms with Crippen molar-refractivity contribution < 1.29 is 27.1 Å². The largest absolute Gasteiger partial charge is 0.444 e. The molecule has 5 rings (SSSR count). The van der Waals surface area contributed by atoms with Gasteiger partial charge in [-0.25, -0.2) is 9.59 Å². The van der Waals surface area contributed by atoms with E-state index in [1.165, 1.54) is 6.20 Å². The average Bonchev–Trinajstić information content (AvgIpc) is 3.50. The zero-order valence-electron chi connectivity index (χ0n) is 20.9. The van der Waals surface area contributed by atoms with E-state index in [0.717, 1.165) is 15.8 Å². The van der Waals surface area contributed by atoms with Gasteiger partial charge in [-0.1, -0.05) is 6.07 Å². The Kier molecular flexibility index (Phi) is 6.51. The number of hydrogen-bond acceptors (Lipinski definition) is 9. The Morgan fingerprint density at radius 2 is 1.87 bits per heavy atom. The summed E-state index contributed by atoms with van der Waals surface area (Å²) in [5.41, 5.74) is 2.86. The highest BCUT2D eigenvalue weighted by Crippen LogP contribution is 2.26. The first-order chi connectivity index (χ1) is 18.1. The van der Waals surface area contributed by atoms with Crippen LogP contribution in [0.5, 0.6) is 0 Å². The Morgan fingerprint density at radius 1 is 1.08 bits per heavy atom. The van der Waals surface area contributed by atoms with E-state index in [2.05, 4.69) is 20.3 Å². The standard InChI is InChI=1S/C25H24F2N6O5/c1-25(2,3)38-23(34)32-9-8-14-4-5-15(10-17(14)12-32)21-31-33(24(35)37-21)13-18-7-6-16(11-28-18)20-29-30-22(36-20)19(26)27/h4-7,10-11,19H,8-9,12-13H2,1-3H3. The molecule has 1 aliphatic rings. The molecular weight excluding hydrogens is 502 g/mol. The van der Waals surface area contributed by atoms with Gasteiger partial charge in [-0.2, -0.15) is 13.5 Å². The summed E-state index contributed by atoms with van der Waals surface area (Å²) in [6, 6.07) is 8.77. The summed E-state index contributed by atoms with van der Waals surface area (Å²) >= 11 is 0. The molecule has 4 heterocycles. The van der Waals surface area contributed by atoms with E-state index in [0.29, 0.717) is 36.3 Å². The van der Waals surface area contributed by atoms with Gasteiger partial charge in [0.2, 0.25) is 11.8 Å². The third-order valence-electron chi connectivity index (χ3n) is 5.73. The van der Waals surface area contributed by atoms with Gasteiger partial charge < -0.3 is 18.5 Å². The second kappa shape index (κ2) is 9.80. The molecule has 1 amide bonds. The maximum absolute atomic E-state index is 12.7. The summed E-state index contributed by atoms with van der Waals surface area (Å²) in [5.74, 6) is -1.39. The zero-order valence-corrected chi connectivity index (χ0v) is 20.9. The second-order valence-corrected chi connectivity index (χ2v) is 9.75. The van der Waals surface area contributed by atoms with Crippen molar-refractivity contribution in [2.24, 2.45) is 0 Å². The third kappa shape index (κ3) is 5.45. The van der Waals surface area contributed by atoms with Gasteiger partial charge in [-0.05, 0) is 62.6 Å². The molecule has 198 valence electrons. The van der Waals surface area contributed by atoms with Gasteiger partial charge in [0.05, 0.1) is 17.8 Å². The van der Waals surface area contributed by atoms with Crippen molar-refractivity contribution in [3.05, 3.63) is 69.8 Å². The van der Waals surface area contributed by atoms with Gasteiger partial charge in [0.1, 0.15) is 5.60 Å². The summed E-state index contributed by atoms with van der Waals surface area (Å²) in [5, 5.41) is 11.2. The average molecular weight is 527 g/mol. The number of fused-ring (bicyclic) bond motifs is 1. The molecule has 11 nitrogen and oxygen atoms in total. The number of halogens is 2. The number of carbonyl (C=O) groups is 1. The molecular formula is C25H24F2N6O5. The first-order valence-corrected chi connectivity index (χ1v) is 11.8. The molecule has 0 saturated heterocycles. The summed E-state index contributed by atoms with van der Waals surface area (Å²) in [6.07, 6.45) is -1.18. The Labute approximate surface area is 215 Å². The number of aromatic nitrogens is 5. The quantitative estimate of drug-likeness (QED) is 0.375. The van der Waals surface area contributed by atoms with Crippen molar-refractivity contribution in [3.63, 3.8) is 0 Å². The van der Waals surface area contributed by atoms with Crippen molar-refractivity contribution in [2.45, 2.75) is 52.3 Å². The van der Waals surface area contributed by atoms with Crippen molar-refractivity contribution >= 4 is 6.09 Å². The highest BCUT2D eigenvalue weighted by molar-refractivity contribution is 5.69. The van der Waals surface area contributed by atoms with Gasteiger partial charge in [-0.3, -0.25) is 4.98 Å². The molecule has 0 unspecified atom stereocenters. The lowest BCUT2D eigenvalue weighted by Crippen LogP contribution is -2.39. The van der Waals surface area contributed by atoms with Gasteiger partial charge in [0.15, 0.2) is 0 Å². The molecule has 1 aliphatic heterocycles. The number of benzene rings is 1. The summed E-state index contributed by atoms with van der Waals surface area (Å²) in [4.78, 5) is 30.9. The van der Waals surface area contributed by atoms with Gasteiger partial charge in [0, 0.05) is 24.8 Å². The number of ether oxygens (including phenoxy) is 1. The van der Waals surface area contributed by atoms with Gasteiger partial charge in [-0.15, -0.1) is 15.3 Å². The number of hydrogen-bond donors (Lipinski definition) is 0. The lowest BCUT2D eigenvalue weighted by Gasteiger charge is -2.31. The maximum Gasteiger partial charge on any atom is 0.437 e. The van der Waals surface area contributed by atoms with Crippen LogP contribution < -0.4 is 5.76 Å². The molecule has 0 N–H and O–H groups in total. The highest BCUT2D eigenvalue weighted by Gasteiger charge is 2.26. The molecule has 0 saturated carbocycles. The van der Waals surface area contributed by atoms with Crippen LogP contribution in [-0.2, 0) is 24.2 Å². The minimum absolute atomic E-state index is 0.0199. The Hall–Kier alpha value is -4.42. The topological polar surface area (TPSA) is 129 Å². The monoisotopic (exact) mass is 526 g/mol. The fraction of sp³-hybridized carbons (Fsp3) is 0.360. The van der Waals surface area contributed by atoms with Crippen LogP contribution in [-0.4, -0.2) is 48.1 Å². The van der Waals surface area contributed by atoms with Crippen LogP contribution in [0.25, 0.3) is 22.9 Å². The Bertz CT molecular complexity index is 1520. The number of pyridine rings is 1. The highest BCUT2D eigenvalue weighted by atomic mass is 19.3. The number of alkyl halides is 2. The SMILES string of the molecule is CC(C)(C)OC(=O)N1CCc2ccc(-c3nn(Cc4ccc(-c5nnc(C(F)F)o5)cn4)c(=O)o3)cc2C1. The number of carbonyl (C=O) groups excluding carboxylic acids is 1. The van der Waals surface area contributed by atoms with E-state index in [1.54, 1.807) is 17.0 Å². The van der Waals surface area contributed by atoms with E-state index >= 15 is 0 Å². The Balaban J connectivity index is 1.30. The van der Waals surface area contributed by atoms with Crippen LogP contribution in [0.1, 0.15) is 49.9 Å². The van der Waals surface area contributed by atoms with Crippen LogP contribution in [0.4, 0.5) is 13.6 Å². The fourth-order valence-electron chi connectivity index (χ4n) is 3.93. The minimum atomic E-state index is -2.87. The molecule has 0 spiro atoms. The first kappa shape index (κ1) is 25.2. The molecule has 0 aliphatic carbocycles. The lowest BCUT2D eigenvalue weighted by atomic mass is 9.97. The zero-order chi connectivity index (χ0) is 27.0. The van der Waals surface area contributed by atoms with Gasteiger partial charge in [0.25, 0.3) is 5.89 Å². The Morgan fingerprint density at radius 3 is 2.55 bits per heavy atom. The molecule has 13 heteroatoms. The summed E-state index contributed by atoms with van der Waals surface area (Å²) in [7, 11) is 0. The fourth-order valence-corrected chi connectivity index (χ4v) is 3.93. The van der Waals surface area contributed by atoms with Crippen LogP contribution in [0.2, 0.25) is 0 Å². The lowest BCUT2D eigenvalue weighted by molar-refractivity contribution is 0.0224. The van der Waals surface area contributed by atoms with E-state index in [9.17, 15) is 18.4 Å². The number of nitrogens with zero attached hydrogens (tertiary/aromatic N) is 6. The maximum atomic E-state index is 12.7.